The van der Waals surface area contributed by atoms with Crippen molar-refractivity contribution in [1.29, 1.82) is 0 Å². The third-order valence-electron chi connectivity index (χ3n) is 6.45. The monoisotopic (exact) mass is 420 g/mol. The molecular formula is C27H36N2O2. The maximum Gasteiger partial charge on any atom is 0.243 e. The van der Waals surface area contributed by atoms with Crippen LogP contribution in [0.1, 0.15) is 66.8 Å². The van der Waals surface area contributed by atoms with Gasteiger partial charge in [0.2, 0.25) is 11.8 Å². The summed E-state index contributed by atoms with van der Waals surface area (Å²) in [5.41, 5.74) is 5.60. The lowest BCUT2D eigenvalue weighted by atomic mass is 10.0. The molecule has 0 bridgehead atoms. The quantitative estimate of drug-likeness (QED) is 0.652. The van der Waals surface area contributed by atoms with Gasteiger partial charge < -0.3 is 10.2 Å². The molecule has 0 radical (unpaired) electrons. The van der Waals surface area contributed by atoms with Crippen LogP contribution in [0.3, 0.4) is 0 Å². The Bertz CT molecular complexity index is 915. The zero-order valence-electron chi connectivity index (χ0n) is 19.4. The van der Waals surface area contributed by atoms with Crippen LogP contribution in [0, 0.1) is 20.8 Å². The highest BCUT2D eigenvalue weighted by Gasteiger charge is 2.30. The molecule has 1 fully saturated rings. The van der Waals surface area contributed by atoms with Gasteiger partial charge in [-0.2, -0.15) is 0 Å². The Kier molecular flexibility index (Phi) is 7.89. The fourth-order valence-electron chi connectivity index (χ4n) is 4.48. The lowest BCUT2D eigenvalue weighted by molar-refractivity contribution is -0.141. The second kappa shape index (κ2) is 10.6. The van der Waals surface area contributed by atoms with Gasteiger partial charge in [-0.3, -0.25) is 9.59 Å². The summed E-state index contributed by atoms with van der Waals surface area (Å²) in [5, 5.41) is 3.21. The number of benzene rings is 2. The topological polar surface area (TPSA) is 49.4 Å². The van der Waals surface area contributed by atoms with Crippen LogP contribution in [0.2, 0.25) is 0 Å². The largest absolute Gasteiger partial charge is 0.352 e. The first-order valence-electron chi connectivity index (χ1n) is 11.6. The van der Waals surface area contributed by atoms with E-state index in [2.05, 4.69) is 50.4 Å². The highest BCUT2D eigenvalue weighted by atomic mass is 16.2. The molecule has 0 aromatic heterocycles. The van der Waals surface area contributed by atoms with Crippen molar-refractivity contribution < 1.29 is 9.59 Å². The van der Waals surface area contributed by atoms with E-state index < -0.39 is 6.04 Å². The van der Waals surface area contributed by atoms with E-state index in [1.807, 2.05) is 25.1 Å². The maximum absolute atomic E-state index is 13.5. The summed E-state index contributed by atoms with van der Waals surface area (Å²) in [6, 6.07) is 14.1. The van der Waals surface area contributed by atoms with Crippen molar-refractivity contribution in [3.63, 3.8) is 0 Å². The molecule has 1 N–H and O–H groups in total. The van der Waals surface area contributed by atoms with Crippen molar-refractivity contribution in [2.75, 3.05) is 0 Å². The molecule has 1 aliphatic carbocycles. The summed E-state index contributed by atoms with van der Waals surface area (Å²) in [6.07, 6.45) is 5.32. The first kappa shape index (κ1) is 23.1. The molecule has 4 heteroatoms. The van der Waals surface area contributed by atoms with Crippen LogP contribution >= 0.6 is 0 Å². The Morgan fingerprint density at radius 3 is 2.39 bits per heavy atom. The predicted octanol–water partition coefficient (Wildman–Crippen LogP) is 5.02. The molecule has 31 heavy (non-hydrogen) atoms. The summed E-state index contributed by atoms with van der Waals surface area (Å²) in [6.45, 7) is 8.63. The zero-order chi connectivity index (χ0) is 22.4. The highest BCUT2D eigenvalue weighted by Crippen LogP contribution is 2.20. The number of amides is 2. The minimum Gasteiger partial charge on any atom is -0.352 e. The van der Waals surface area contributed by atoms with Crippen molar-refractivity contribution in [2.24, 2.45) is 0 Å². The molecule has 1 saturated carbocycles. The predicted molar refractivity (Wildman–Crippen MR) is 126 cm³/mol. The molecule has 3 rings (SSSR count). The molecule has 1 atom stereocenters. The minimum atomic E-state index is -0.458. The Labute approximate surface area is 187 Å². The normalized spacial score (nSPS) is 15.0. The van der Waals surface area contributed by atoms with Crippen molar-refractivity contribution >= 4 is 11.8 Å². The van der Waals surface area contributed by atoms with E-state index in [1.165, 1.54) is 24.0 Å². The van der Waals surface area contributed by atoms with E-state index in [-0.39, 0.29) is 17.9 Å². The van der Waals surface area contributed by atoms with E-state index in [4.69, 9.17) is 0 Å². The van der Waals surface area contributed by atoms with Crippen molar-refractivity contribution in [1.82, 2.24) is 10.2 Å². The van der Waals surface area contributed by atoms with Gasteiger partial charge in [0.1, 0.15) is 6.04 Å². The van der Waals surface area contributed by atoms with Gasteiger partial charge in [-0.1, -0.05) is 67.8 Å². The molecule has 1 aliphatic rings. The molecule has 0 heterocycles. The fraction of sp³-hybridized carbons (Fsp3) is 0.481. The van der Waals surface area contributed by atoms with Gasteiger partial charge in [-0.15, -0.1) is 0 Å². The van der Waals surface area contributed by atoms with Gasteiger partial charge in [0.25, 0.3) is 0 Å². The van der Waals surface area contributed by atoms with Crippen molar-refractivity contribution in [3.8, 4) is 0 Å². The smallest absolute Gasteiger partial charge is 0.243 e. The number of aryl methyl sites for hydroxylation is 3. The van der Waals surface area contributed by atoms with Crippen LogP contribution in [-0.2, 0) is 22.6 Å². The number of hydrogen-bond donors (Lipinski definition) is 1. The Morgan fingerprint density at radius 1 is 1.00 bits per heavy atom. The third-order valence-corrected chi connectivity index (χ3v) is 6.45. The molecule has 2 aromatic carbocycles. The fourth-order valence-corrected chi connectivity index (χ4v) is 4.48. The van der Waals surface area contributed by atoms with E-state index in [9.17, 15) is 9.59 Å². The number of rotatable bonds is 8. The third kappa shape index (κ3) is 6.19. The number of nitrogens with zero attached hydrogens (tertiary/aromatic N) is 1. The Morgan fingerprint density at radius 2 is 1.74 bits per heavy atom. The second-order valence-corrected chi connectivity index (χ2v) is 9.02. The number of nitrogens with one attached hydrogen (secondary N) is 1. The van der Waals surface area contributed by atoms with Gasteiger partial charge >= 0.3 is 0 Å². The summed E-state index contributed by atoms with van der Waals surface area (Å²) < 4.78 is 0. The van der Waals surface area contributed by atoms with Crippen LogP contribution in [0.15, 0.2) is 42.5 Å². The summed E-state index contributed by atoms with van der Waals surface area (Å²) >= 11 is 0. The van der Waals surface area contributed by atoms with E-state index in [1.54, 1.807) is 4.90 Å². The summed E-state index contributed by atoms with van der Waals surface area (Å²) in [7, 11) is 0. The average Bonchev–Trinajstić information content (AvgIpc) is 3.23. The van der Waals surface area contributed by atoms with Crippen LogP contribution in [0.4, 0.5) is 0 Å². The zero-order valence-corrected chi connectivity index (χ0v) is 19.4. The van der Waals surface area contributed by atoms with Crippen molar-refractivity contribution in [2.45, 2.75) is 84.8 Å². The van der Waals surface area contributed by atoms with Crippen LogP contribution < -0.4 is 5.32 Å². The van der Waals surface area contributed by atoms with E-state index in [0.29, 0.717) is 19.4 Å². The first-order chi connectivity index (χ1) is 14.9. The van der Waals surface area contributed by atoms with E-state index in [0.717, 1.165) is 29.5 Å². The Balaban J connectivity index is 1.83. The standard InChI is InChI=1S/C27H36N2O2/c1-5-25(27(31)28-24-11-6-7-12-24)29(18-23-10-8-9-19(2)15-23)26(30)17-22-14-13-20(3)21(4)16-22/h8-10,13-16,24-25H,5-7,11-12,17-18H2,1-4H3,(H,28,31)/t25-/m0/s1. The number of hydrogen-bond acceptors (Lipinski definition) is 2. The number of carbonyl (C=O) groups is 2. The SMILES string of the molecule is CC[C@@H](C(=O)NC1CCCC1)N(Cc1cccc(C)c1)C(=O)Cc1ccc(C)c(C)c1. The Hall–Kier alpha value is -2.62. The van der Waals surface area contributed by atoms with Crippen molar-refractivity contribution in [3.05, 3.63) is 70.3 Å². The molecule has 0 saturated heterocycles. The molecule has 2 amide bonds. The molecule has 0 spiro atoms. The summed E-state index contributed by atoms with van der Waals surface area (Å²) in [4.78, 5) is 28.5. The minimum absolute atomic E-state index is 0.00168. The maximum atomic E-state index is 13.5. The van der Waals surface area contributed by atoms with Gasteiger partial charge in [0.15, 0.2) is 0 Å². The van der Waals surface area contributed by atoms with Crippen LogP contribution in [0.5, 0.6) is 0 Å². The van der Waals surface area contributed by atoms with Gasteiger partial charge in [-0.25, -0.2) is 0 Å². The molecule has 4 nitrogen and oxygen atoms in total. The number of carbonyl (C=O) groups excluding carboxylic acids is 2. The molecule has 0 aliphatic heterocycles. The van der Waals surface area contributed by atoms with Gasteiger partial charge in [0.05, 0.1) is 6.42 Å². The molecule has 166 valence electrons. The molecule has 2 aromatic rings. The summed E-state index contributed by atoms with van der Waals surface area (Å²) in [5.74, 6) is -0.0197. The average molecular weight is 421 g/mol. The van der Waals surface area contributed by atoms with Gasteiger partial charge in [-0.05, 0) is 62.3 Å². The van der Waals surface area contributed by atoms with Crippen LogP contribution in [0.25, 0.3) is 0 Å². The van der Waals surface area contributed by atoms with Gasteiger partial charge in [0, 0.05) is 12.6 Å². The highest BCUT2D eigenvalue weighted by molar-refractivity contribution is 5.88. The van der Waals surface area contributed by atoms with E-state index >= 15 is 0 Å². The molecule has 0 unspecified atom stereocenters. The lowest BCUT2D eigenvalue weighted by Crippen LogP contribution is -2.51. The molecular weight excluding hydrogens is 384 g/mol. The lowest BCUT2D eigenvalue weighted by Gasteiger charge is -2.31. The second-order valence-electron chi connectivity index (χ2n) is 9.02. The first-order valence-corrected chi connectivity index (χ1v) is 11.6. The van der Waals surface area contributed by atoms with Crippen LogP contribution in [-0.4, -0.2) is 28.8 Å².